The zero-order valence-electron chi connectivity index (χ0n) is 16.8. The lowest BCUT2D eigenvalue weighted by atomic mass is 9.91. The molecule has 0 aromatic heterocycles. The van der Waals surface area contributed by atoms with E-state index < -0.39 is 0 Å². The fourth-order valence-electron chi connectivity index (χ4n) is 5.16. The van der Waals surface area contributed by atoms with Crippen molar-refractivity contribution in [1.29, 1.82) is 0 Å². The average Bonchev–Trinajstić information content (AvgIpc) is 3.18. The Labute approximate surface area is 172 Å². The van der Waals surface area contributed by atoms with Crippen molar-refractivity contribution in [3.63, 3.8) is 0 Å². The van der Waals surface area contributed by atoms with Gasteiger partial charge in [0.25, 0.3) is 0 Å². The Kier molecular flexibility index (Phi) is 5.07. The van der Waals surface area contributed by atoms with Crippen molar-refractivity contribution in [2.24, 2.45) is 5.92 Å². The third-order valence-corrected chi connectivity index (χ3v) is 6.73. The first kappa shape index (κ1) is 18.4. The number of hydrogen-bond donors (Lipinski definition) is 0. The number of amides is 1. The molecule has 0 spiro atoms. The summed E-state index contributed by atoms with van der Waals surface area (Å²) in [5.41, 5.74) is 2.64. The number of hydrogen-bond acceptors (Lipinski definition) is 2. The van der Waals surface area contributed by atoms with Gasteiger partial charge in [-0.1, -0.05) is 72.8 Å². The van der Waals surface area contributed by atoms with Gasteiger partial charge in [-0.05, 0) is 53.6 Å². The molecule has 2 heterocycles. The SMILES string of the molecule is O=C1[C@H]2[C@@H](CCN1CCc1ccccc1)CCN2Cc1cccc2ccccc12. The van der Waals surface area contributed by atoms with Crippen molar-refractivity contribution < 1.29 is 4.79 Å². The van der Waals surface area contributed by atoms with Gasteiger partial charge < -0.3 is 4.90 Å². The van der Waals surface area contributed by atoms with Crippen LogP contribution in [0, 0.1) is 5.92 Å². The first-order valence-electron chi connectivity index (χ1n) is 10.8. The van der Waals surface area contributed by atoms with Crippen molar-refractivity contribution in [2.75, 3.05) is 19.6 Å². The molecule has 2 fully saturated rings. The number of rotatable bonds is 5. The van der Waals surface area contributed by atoms with Crippen molar-refractivity contribution in [3.05, 3.63) is 83.9 Å². The van der Waals surface area contributed by atoms with E-state index in [1.54, 1.807) is 0 Å². The number of likely N-dealkylation sites (tertiary alicyclic amines) is 2. The van der Waals surface area contributed by atoms with Crippen LogP contribution in [0.15, 0.2) is 72.8 Å². The second-order valence-electron chi connectivity index (χ2n) is 8.45. The first-order valence-corrected chi connectivity index (χ1v) is 10.8. The van der Waals surface area contributed by atoms with Gasteiger partial charge in [-0.3, -0.25) is 9.69 Å². The summed E-state index contributed by atoms with van der Waals surface area (Å²) in [6, 6.07) is 25.7. The molecule has 5 rings (SSSR count). The van der Waals surface area contributed by atoms with Crippen LogP contribution < -0.4 is 0 Å². The zero-order valence-corrected chi connectivity index (χ0v) is 16.8. The minimum atomic E-state index is 0.0542. The molecule has 29 heavy (non-hydrogen) atoms. The van der Waals surface area contributed by atoms with Crippen molar-refractivity contribution in [1.82, 2.24) is 9.80 Å². The second-order valence-corrected chi connectivity index (χ2v) is 8.45. The Morgan fingerprint density at radius 1 is 0.828 bits per heavy atom. The number of carbonyl (C=O) groups excluding carboxylic acids is 1. The Morgan fingerprint density at radius 3 is 2.48 bits per heavy atom. The van der Waals surface area contributed by atoms with Crippen LogP contribution in [-0.2, 0) is 17.8 Å². The van der Waals surface area contributed by atoms with Crippen LogP contribution in [-0.4, -0.2) is 41.4 Å². The summed E-state index contributed by atoms with van der Waals surface area (Å²) >= 11 is 0. The third kappa shape index (κ3) is 3.67. The number of nitrogens with zero attached hydrogens (tertiary/aromatic N) is 2. The highest BCUT2D eigenvalue weighted by atomic mass is 16.2. The smallest absolute Gasteiger partial charge is 0.240 e. The molecule has 1 amide bonds. The number of carbonyl (C=O) groups is 1. The van der Waals surface area contributed by atoms with Gasteiger partial charge in [0.2, 0.25) is 5.91 Å². The molecular weight excluding hydrogens is 356 g/mol. The van der Waals surface area contributed by atoms with Crippen molar-refractivity contribution in [2.45, 2.75) is 31.8 Å². The number of piperidine rings is 1. The molecular formula is C26H28N2O. The van der Waals surface area contributed by atoms with Gasteiger partial charge in [-0.15, -0.1) is 0 Å². The van der Waals surface area contributed by atoms with Gasteiger partial charge in [0, 0.05) is 19.6 Å². The van der Waals surface area contributed by atoms with Crippen LogP contribution in [0.1, 0.15) is 24.0 Å². The highest BCUT2D eigenvalue weighted by molar-refractivity contribution is 5.86. The summed E-state index contributed by atoms with van der Waals surface area (Å²) in [4.78, 5) is 17.9. The van der Waals surface area contributed by atoms with E-state index in [4.69, 9.17) is 0 Å². The molecule has 0 radical (unpaired) electrons. The van der Waals surface area contributed by atoms with Gasteiger partial charge >= 0.3 is 0 Å². The Bertz CT molecular complexity index is 995. The fraction of sp³-hybridized carbons (Fsp3) is 0.346. The minimum Gasteiger partial charge on any atom is -0.341 e. The molecule has 2 aliphatic rings. The van der Waals surface area contributed by atoms with Crippen LogP contribution in [0.2, 0.25) is 0 Å². The first-order chi connectivity index (χ1) is 14.3. The average molecular weight is 385 g/mol. The summed E-state index contributed by atoms with van der Waals surface area (Å²) in [5, 5.41) is 2.59. The van der Waals surface area contributed by atoms with Gasteiger partial charge in [0.1, 0.15) is 0 Å². The van der Waals surface area contributed by atoms with Crippen molar-refractivity contribution >= 4 is 16.7 Å². The maximum absolute atomic E-state index is 13.4. The van der Waals surface area contributed by atoms with E-state index in [-0.39, 0.29) is 6.04 Å². The van der Waals surface area contributed by atoms with E-state index >= 15 is 0 Å². The lowest BCUT2D eigenvalue weighted by Crippen LogP contribution is -2.53. The molecule has 3 aromatic rings. The van der Waals surface area contributed by atoms with E-state index in [1.807, 2.05) is 6.07 Å². The largest absolute Gasteiger partial charge is 0.341 e. The normalized spacial score (nSPS) is 22.2. The summed E-state index contributed by atoms with van der Waals surface area (Å²) in [6.45, 7) is 3.63. The van der Waals surface area contributed by atoms with Crippen LogP contribution in [0.3, 0.4) is 0 Å². The van der Waals surface area contributed by atoms with Gasteiger partial charge in [-0.2, -0.15) is 0 Å². The lowest BCUT2D eigenvalue weighted by Gasteiger charge is -2.38. The molecule has 3 aromatic carbocycles. The van der Waals surface area contributed by atoms with E-state index in [1.165, 1.54) is 21.9 Å². The summed E-state index contributed by atoms with van der Waals surface area (Å²) in [7, 11) is 0. The maximum Gasteiger partial charge on any atom is 0.240 e. The second kappa shape index (κ2) is 8.00. The Morgan fingerprint density at radius 2 is 1.59 bits per heavy atom. The van der Waals surface area contributed by atoms with Gasteiger partial charge in [0.05, 0.1) is 6.04 Å². The summed E-state index contributed by atoms with van der Waals surface area (Å²) in [6.07, 6.45) is 3.22. The number of benzene rings is 3. The fourth-order valence-corrected chi connectivity index (χ4v) is 5.16. The maximum atomic E-state index is 13.4. The molecule has 2 atom stereocenters. The molecule has 3 heteroatoms. The van der Waals surface area contributed by atoms with Crippen LogP contribution in [0.25, 0.3) is 10.8 Å². The molecule has 0 bridgehead atoms. The molecule has 0 aliphatic carbocycles. The Hall–Kier alpha value is -2.65. The predicted octanol–water partition coefficient (Wildman–Crippen LogP) is 4.51. The van der Waals surface area contributed by atoms with E-state index in [2.05, 4.69) is 76.5 Å². The predicted molar refractivity (Wildman–Crippen MR) is 118 cm³/mol. The van der Waals surface area contributed by atoms with E-state index in [9.17, 15) is 4.79 Å². The van der Waals surface area contributed by atoms with Crippen molar-refractivity contribution in [3.8, 4) is 0 Å². The molecule has 148 valence electrons. The van der Waals surface area contributed by atoms with Crippen LogP contribution in [0.4, 0.5) is 0 Å². The topological polar surface area (TPSA) is 23.6 Å². The van der Waals surface area contributed by atoms with Gasteiger partial charge in [-0.25, -0.2) is 0 Å². The monoisotopic (exact) mass is 384 g/mol. The molecule has 3 nitrogen and oxygen atoms in total. The molecule has 2 saturated heterocycles. The highest BCUT2D eigenvalue weighted by Gasteiger charge is 2.44. The van der Waals surface area contributed by atoms with Crippen LogP contribution >= 0.6 is 0 Å². The summed E-state index contributed by atoms with van der Waals surface area (Å²) < 4.78 is 0. The molecule has 0 unspecified atom stereocenters. The van der Waals surface area contributed by atoms with E-state index in [0.717, 1.165) is 45.4 Å². The third-order valence-electron chi connectivity index (χ3n) is 6.73. The van der Waals surface area contributed by atoms with Crippen LogP contribution in [0.5, 0.6) is 0 Å². The van der Waals surface area contributed by atoms with Gasteiger partial charge in [0.15, 0.2) is 0 Å². The summed E-state index contributed by atoms with van der Waals surface area (Å²) in [5.74, 6) is 0.861. The zero-order chi connectivity index (χ0) is 19.6. The number of fused-ring (bicyclic) bond motifs is 2. The van der Waals surface area contributed by atoms with E-state index in [0.29, 0.717) is 11.8 Å². The molecule has 0 N–H and O–H groups in total. The minimum absolute atomic E-state index is 0.0542. The standard InChI is InChI=1S/C26H28N2O/c29-26-25-22(14-17-27(26)16-13-20-7-2-1-3-8-20)15-18-28(25)19-23-11-6-10-21-9-4-5-12-24(21)23/h1-12,22,25H,13-19H2/t22-,25+/m0/s1. The molecule has 0 saturated carbocycles. The lowest BCUT2D eigenvalue weighted by molar-refractivity contribution is -0.140. The highest BCUT2D eigenvalue weighted by Crippen LogP contribution is 2.34. The Balaban J connectivity index is 1.31. The quantitative estimate of drug-likeness (QED) is 0.646. The molecule has 2 aliphatic heterocycles.